The minimum Gasteiger partial charge on any atom is -0.478 e. The van der Waals surface area contributed by atoms with Gasteiger partial charge in [-0.15, -0.1) is 0 Å². The molecule has 3 N–H and O–H groups in total. The average molecular weight is 384 g/mol. The van der Waals surface area contributed by atoms with Gasteiger partial charge in [-0.3, -0.25) is 4.79 Å². The third-order valence-electron chi connectivity index (χ3n) is 4.88. The van der Waals surface area contributed by atoms with Crippen molar-refractivity contribution < 1.29 is 14.7 Å². The van der Waals surface area contributed by atoms with Crippen molar-refractivity contribution in [1.29, 1.82) is 0 Å². The molecule has 7 nitrogen and oxygen atoms in total. The highest BCUT2D eigenvalue weighted by molar-refractivity contribution is 7.22. The lowest BCUT2D eigenvalue weighted by Crippen LogP contribution is -2.40. The Kier molecular flexibility index (Phi) is 4.81. The zero-order valence-electron chi connectivity index (χ0n) is 14.6. The lowest BCUT2D eigenvalue weighted by Gasteiger charge is -2.31. The molecule has 0 radical (unpaired) electrons. The second kappa shape index (κ2) is 7.40. The van der Waals surface area contributed by atoms with Crippen molar-refractivity contribution in [3.8, 4) is 0 Å². The standard InChI is InChI=1S/C19H20N4O3S/c24-17(21-11-14-2-1-7-20-14)12-5-8-23(9-6-12)19-22-15-4-3-13(18(25)26)10-16(15)27-19/h1-4,7,10,12,20H,5-6,8-9,11H2,(H,21,24)(H,25,26). The molecule has 27 heavy (non-hydrogen) atoms. The summed E-state index contributed by atoms with van der Waals surface area (Å²) < 4.78 is 0.871. The van der Waals surface area contributed by atoms with E-state index in [2.05, 4.69) is 20.2 Å². The minimum atomic E-state index is -0.932. The van der Waals surface area contributed by atoms with Crippen molar-refractivity contribution in [2.45, 2.75) is 19.4 Å². The summed E-state index contributed by atoms with van der Waals surface area (Å²) in [6.45, 7) is 2.06. The fourth-order valence-electron chi connectivity index (χ4n) is 3.32. The Morgan fingerprint density at radius 1 is 1.30 bits per heavy atom. The van der Waals surface area contributed by atoms with E-state index in [-0.39, 0.29) is 17.4 Å². The summed E-state index contributed by atoms with van der Waals surface area (Å²) in [7, 11) is 0. The highest BCUT2D eigenvalue weighted by atomic mass is 32.1. The summed E-state index contributed by atoms with van der Waals surface area (Å²) in [6.07, 6.45) is 3.41. The number of aromatic amines is 1. The summed E-state index contributed by atoms with van der Waals surface area (Å²) in [6, 6.07) is 8.86. The molecule has 1 fully saturated rings. The van der Waals surface area contributed by atoms with Crippen LogP contribution in [-0.2, 0) is 11.3 Å². The Morgan fingerprint density at radius 2 is 2.11 bits per heavy atom. The third kappa shape index (κ3) is 3.80. The van der Waals surface area contributed by atoms with Crippen LogP contribution >= 0.6 is 11.3 Å². The predicted octanol–water partition coefficient (Wildman–Crippen LogP) is 2.86. The molecule has 1 aliphatic heterocycles. The highest BCUT2D eigenvalue weighted by Gasteiger charge is 2.26. The normalized spacial score (nSPS) is 15.2. The smallest absolute Gasteiger partial charge is 0.335 e. The quantitative estimate of drug-likeness (QED) is 0.628. The number of anilines is 1. The number of fused-ring (bicyclic) bond motifs is 1. The predicted molar refractivity (Wildman–Crippen MR) is 104 cm³/mol. The minimum absolute atomic E-state index is 0.0178. The van der Waals surface area contributed by atoms with Crippen molar-refractivity contribution >= 4 is 38.6 Å². The molecule has 4 rings (SSSR count). The largest absolute Gasteiger partial charge is 0.478 e. The van der Waals surface area contributed by atoms with Gasteiger partial charge in [-0.25, -0.2) is 9.78 Å². The molecule has 0 bridgehead atoms. The lowest BCUT2D eigenvalue weighted by atomic mass is 9.96. The molecule has 8 heteroatoms. The molecule has 1 aliphatic rings. The summed E-state index contributed by atoms with van der Waals surface area (Å²) in [5.74, 6) is -0.818. The molecule has 0 spiro atoms. The molecule has 3 heterocycles. The molecule has 0 atom stereocenters. The van der Waals surface area contributed by atoms with Gasteiger partial charge in [0.2, 0.25) is 5.91 Å². The lowest BCUT2D eigenvalue weighted by molar-refractivity contribution is -0.125. The molecule has 0 aliphatic carbocycles. The number of amides is 1. The van der Waals surface area contributed by atoms with Gasteiger partial charge in [-0.05, 0) is 43.2 Å². The highest BCUT2D eigenvalue weighted by Crippen LogP contribution is 2.32. The van der Waals surface area contributed by atoms with E-state index in [1.165, 1.54) is 11.3 Å². The van der Waals surface area contributed by atoms with Gasteiger partial charge in [0, 0.05) is 30.9 Å². The molecule has 1 aromatic carbocycles. The average Bonchev–Trinajstić information content (AvgIpc) is 3.35. The number of carbonyl (C=O) groups excluding carboxylic acids is 1. The van der Waals surface area contributed by atoms with Gasteiger partial charge in [0.1, 0.15) is 0 Å². The van der Waals surface area contributed by atoms with Crippen LogP contribution in [0.3, 0.4) is 0 Å². The Labute approximate surface area is 160 Å². The monoisotopic (exact) mass is 384 g/mol. The third-order valence-corrected chi connectivity index (χ3v) is 5.95. The maximum atomic E-state index is 12.4. The number of nitrogens with zero attached hydrogens (tertiary/aromatic N) is 2. The zero-order valence-corrected chi connectivity index (χ0v) is 15.5. The number of benzene rings is 1. The number of piperidine rings is 1. The number of carboxylic acids is 1. The molecule has 140 valence electrons. The summed E-state index contributed by atoms with van der Waals surface area (Å²) in [5.41, 5.74) is 2.08. The second-order valence-electron chi connectivity index (χ2n) is 6.66. The number of H-pyrrole nitrogens is 1. The topological polar surface area (TPSA) is 98.3 Å². The molecular weight excluding hydrogens is 364 g/mol. The van der Waals surface area contributed by atoms with Gasteiger partial charge in [0.15, 0.2) is 5.13 Å². The van der Waals surface area contributed by atoms with Crippen LogP contribution < -0.4 is 10.2 Å². The summed E-state index contributed by atoms with van der Waals surface area (Å²) >= 11 is 1.50. The maximum absolute atomic E-state index is 12.4. The van der Waals surface area contributed by atoms with Crippen LogP contribution in [0, 0.1) is 5.92 Å². The first-order chi connectivity index (χ1) is 13.1. The van der Waals surface area contributed by atoms with E-state index in [4.69, 9.17) is 5.11 Å². The van der Waals surface area contributed by atoms with E-state index >= 15 is 0 Å². The number of carboxylic acid groups (broad SMARTS) is 1. The van der Waals surface area contributed by atoms with Crippen LogP contribution in [-0.4, -0.2) is 40.0 Å². The van der Waals surface area contributed by atoms with Gasteiger partial charge in [0.25, 0.3) is 0 Å². The number of thiazole rings is 1. The number of hydrogen-bond acceptors (Lipinski definition) is 5. The first kappa shape index (κ1) is 17.5. The molecule has 3 aromatic rings. The van der Waals surface area contributed by atoms with Gasteiger partial charge >= 0.3 is 5.97 Å². The maximum Gasteiger partial charge on any atom is 0.335 e. The van der Waals surface area contributed by atoms with Gasteiger partial charge < -0.3 is 20.3 Å². The molecule has 0 saturated carbocycles. The first-order valence-electron chi connectivity index (χ1n) is 8.89. The van der Waals surface area contributed by atoms with E-state index < -0.39 is 5.97 Å². The van der Waals surface area contributed by atoms with E-state index in [9.17, 15) is 9.59 Å². The summed E-state index contributed by atoms with van der Waals surface area (Å²) in [4.78, 5) is 33.4. The fourth-order valence-corrected chi connectivity index (χ4v) is 4.37. The van der Waals surface area contributed by atoms with Crippen molar-refractivity contribution in [2.24, 2.45) is 5.92 Å². The number of nitrogens with one attached hydrogen (secondary N) is 2. The number of hydrogen-bond donors (Lipinski definition) is 3. The van der Waals surface area contributed by atoms with E-state index in [0.717, 1.165) is 47.0 Å². The van der Waals surface area contributed by atoms with Gasteiger partial charge in [0.05, 0.1) is 22.3 Å². The number of rotatable bonds is 5. The molecule has 2 aromatic heterocycles. The molecule has 1 amide bonds. The van der Waals surface area contributed by atoms with Gasteiger partial charge in [-0.1, -0.05) is 11.3 Å². The Balaban J connectivity index is 1.36. The van der Waals surface area contributed by atoms with Crippen molar-refractivity contribution in [1.82, 2.24) is 15.3 Å². The van der Waals surface area contributed by atoms with Crippen LogP contribution in [0.5, 0.6) is 0 Å². The van der Waals surface area contributed by atoms with Crippen LogP contribution in [0.4, 0.5) is 5.13 Å². The number of aromatic carboxylic acids is 1. The summed E-state index contributed by atoms with van der Waals surface area (Å²) in [5, 5.41) is 13.0. The van der Waals surface area contributed by atoms with Crippen LogP contribution in [0.15, 0.2) is 36.5 Å². The Hall–Kier alpha value is -2.87. The SMILES string of the molecule is O=C(O)c1ccc2nc(N3CCC(C(=O)NCc4ccc[nH]4)CC3)sc2c1. The molecule has 0 unspecified atom stereocenters. The van der Waals surface area contributed by atoms with Crippen molar-refractivity contribution in [3.63, 3.8) is 0 Å². The van der Waals surface area contributed by atoms with E-state index in [0.29, 0.717) is 6.54 Å². The number of carbonyl (C=O) groups is 2. The van der Waals surface area contributed by atoms with Crippen molar-refractivity contribution in [3.05, 3.63) is 47.8 Å². The Morgan fingerprint density at radius 3 is 2.81 bits per heavy atom. The molecule has 1 saturated heterocycles. The zero-order chi connectivity index (χ0) is 18.8. The second-order valence-corrected chi connectivity index (χ2v) is 7.67. The Bertz CT molecular complexity index is 959. The van der Waals surface area contributed by atoms with Crippen molar-refractivity contribution in [2.75, 3.05) is 18.0 Å². The molecular formula is C19H20N4O3S. The van der Waals surface area contributed by atoms with Crippen LogP contribution in [0.1, 0.15) is 28.9 Å². The number of aromatic nitrogens is 2. The van der Waals surface area contributed by atoms with Crippen LogP contribution in [0.2, 0.25) is 0 Å². The van der Waals surface area contributed by atoms with Gasteiger partial charge in [-0.2, -0.15) is 0 Å². The first-order valence-corrected chi connectivity index (χ1v) is 9.70. The fraction of sp³-hybridized carbons (Fsp3) is 0.316. The van der Waals surface area contributed by atoms with E-state index in [1.807, 2.05) is 18.3 Å². The van der Waals surface area contributed by atoms with E-state index in [1.54, 1.807) is 18.2 Å². The van der Waals surface area contributed by atoms with Crippen LogP contribution in [0.25, 0.3) is 10.2 Å².